The quantitative estimate of drug-likeness (QED) is 0.407. The van der Waals surface area contributed by atoms with Gasteiger partial charge < -0.3 is 10.2 Å². The van der Waals surface area contributed by atoms with Crippen LogP contribution in [0.15, 0.2) is 83.8 Å². The summed E-state index contributed by atoms with van der Waals surface area (Å²) < 4.78 is 28.3. The smallest absolute Gasteiger partial charge is 0.264 e. The second kappa shape index (κ2) is 12.3. The van der Waals surface area contributed by atoms with Gasteiger partial charge in [0.1, 0.15) is 12.6 Å². The Bertz CT molecular complexity index is 1290. The maximum Gasteiger partial charge on any atom is 0.264 e. The van der Waals surface area contributed by atoms with Crippen LogP contribution in [0.4, 0.5) is 5.69 Å². The average Bonchev–Trinajstić information content (AvgIpc) is 2.87. The molecule has 0 aromatic heterocycles. The summed E-state index contributed by atoms with van der Waals surface area (Å²) in [5.74, 6) is -0.905. The largest absolute Gasteiger partial charge is 0.357 e. The van der Waals surface area contributed by atoms with E-state index >= 15 is 0 Å². The van der Waals surface area contributed by atoms with E-state index in [2.05, 4.69) is 5.32 Å². The number of nitrogens with zero attached hydrogens (tertiary/aromatic N) is 2. The molecule has 0 aliphatic heterocycles. The minimum absolute atomic E-state index is 0.00378. The van der Waals surface area contributed by atoms with Crippen molar-refractivity contribution in [1.29, 1.82) is 0 Å². The molecule has 36 heavy (non-hydrogen) atoms. The van der Waals surface area contributed by atoms with Crippen LogP contribution >= 0.6 is 23.2 Å². The van der Waals surface area contributed by atoms with Crippen molar-refractivity contribution in [2.45, 2.75) is 24.3 Å². The first-order chi connectivity index (χ1) is 17.1. The van der Waals surface area contributed by atoms with Crippen LogP contribution in [0.2, 0.25) is 10.0 Å². The lowest BCUT2D eigenvalue weighted by atomic mass is 10.1. The Morgan fingerprint density at radius 1 is 0.917 bits per heavy atom. The van der Waals surface area contributed by atoms with Crippen molar-refractivity contribution >= 4 is 50.7 Å². The minimum Gasteiger partial charge on any atom is -0.357 e. The number of nitrogens with one attached hydrogen (secondary N) is 1. The van der Waals surface area contributed by atoms with E-state index in [4.69, 9.17) is 23.2 Å². The Morgan fingerprint density at radius 3 is 2.03 bits per heavy atom. The van der Waals surface area contributed by atoms with Crippen LogP contribution in [0.3, 0.4) is 0 Å². The summed E-state index contributed by atoms with van der Waals surface area (Å²) in [5.41, 5.74) is 1.12. The molecular formula is C26H27Cl2N3O4S. The van der Waals surface area contributed by atoms with Crippen molar-refractivity contribution in [3.8, 4) is 0 Å². The first-order valence-corrected chi connectivity index (χ1v) is 13.4. The van der Waals surface area contributed by atoms with Gasteiger partial charge in [-0.05, 0) is 49.2 Å². The number of sulfonamides is 1. The fraction of sp³-hybridized carbons (Fsp3) is 0.231. The van der Waals surface area contributed by atoms with Crippen LogP contribution in [-0.4, -0.2) is 51.3 Å². The number of likely N-dealkylation sites (N-methyl/N-ethyl adjacent to an activating group) is 1. The molecule has 1 atom stereocenters. The molecule has 3 aromatic carbocycles. The number of rotatable bonds is 10. The standard InChI is InChI=1S/C26H27Cl2N3O4S/c1-19(26(33)29-2)30(14-13-20-9-5-3-6-10-20)25(32)18-31(23-16-21(27)15-22(28)17-23)36(34,35)24-11-7-4-8-12-24/h3-12,15-17,19H,13-14,18H2,1-2H3,(H,29,33)/t19-/m0/s1. The third kappa shape index (κ3) is 6.78. The van der Waals surface area contributed by atoms with E-state index in [0.717, 1.165) is 9.87 Å². The van der Waals surface area contributed by atoms with Gasteiger partial charge >= 0.3 is 0 Å². The molecule has 0 unspecified atom stereocenters. The topological polar surface area (TPSA) is 86.8 Å². The highest BCUT2D eigenvalue weighted by Gasteiger charge is 2.32. The molecule has 0 saturated carbocycles. The fourth-order valence-corrected chi connectivity index (χ4v) is 5.64. The lowest BCUT2D eigenvalue weighted by Gasteiger charge is -2.31. The van der Waals surface area contributed by atoms with Crippen LogP contribution in [0.1, 0.15) is 12.5 Å². The van der Waals surface area contributed by atoms with Crippen LogP contribution in [0.5, 0.6) is 0 Å². The minimum atomic E-state index is -4.17. The zero-order chi connectivity index (χ0) is 26.3. The Labute approximate surface area is 221 Å². The van der Waals surface area contributed by atoms with E-state index < -0.39 is 28.5 Å². The lowest BCUT2D eigenvalue weighted by molar-refractivity contribution is -0.138. The van der Waals surface area contributed by atoms with Crippen molar-refractivity contribution in [2.75, 3.05) is 24.4 Å². The number of halogens is 2. The zero-order valence-electron chi connectivity index (χ0n) is 19.9. The van der Waals surface area contributed by atoms with Gasteiger partial charge in [0.25, 0.3) is 10.0 Å². The molecule has 0 bridgehead atoms. The molecular weight excluding hydrogens is 521 g/mol. The molecule has 0 fully saturated rings. The molecule has 0 saturated heterocycles. The SMILES string of the molecule is CNC(=O)[C@H](C)N(CCc1ccccc1)C(=O)CN(c1cc(Cl)cc(Cl)c1)S(=O)(=O)c1ccccc1. The summed E-state index contributed by atoms with van der Waals surface area (Å²) in [6, 6.07) is 20.8. The lowest BCUT2D eigenvalue weighted by Crippen LogP contribution is -2.51. The number of amides is 2. The highest BCUT2D eigenvalue weighted by Crippen LogP contribution is 2.30. The van der Waals surface area contributed by atoms with Crippen LogP contribution < -0.4 is 9.62 Å². The predicted octanol–water partition coefficient (Wildman–Crippen LogP) is 4.39. The summed E-state index contributed by atoms with van der Waals surface area (Å²) >= 11 is 12.3. The normalized spacial score (nSPS) is 12.0. The first-order valence-electron chi connectivity index (χ1n) is 11.2. The number of carbonyl (C=O) groups is 2. The second-order valence-corrected chi connectivity index (χ2v) is 10.8. The number of anilines is 1. The summed E-state index contributed by atoms with van der Waals surface area (Å²) in [7, 11) is -2.68. The van der Waals surface area contributed by atoms with Gasteiger partial charge in [-0.1, -0.05) is 71.7 Å². The van der Waals surface area contributed by atoms with E-state index in [1.165, 1.54) is 42.3 Å². The Hall–Kier alpha value is -3.07. The van der Waals surface area contributed by atoms with Gasteiger partial charge in [-0.15, -0.1) is 0 Å². The van der Waals surface area contributed by atoms with Crippen molar-refractivity contribution in [2.24, 2.45) is 0 Å². The summed E-state index contributed by atoms with van der Waals surface area (Å²) in [6.45, 7) is 1.27. The second-order valence-electron chi connectivity index (χ2n) is 8.07. The fourth-order valence-electron chi connectivity index (χ4n) is 3.71. The van der Waals surface area contributed by atoms with Crippen molar-refractivity contribution in [3.63, 3.8) is 0 Å². The predicted molar refractivity (Wildman–Crippen MR) is 143 cm³/mol. The molecule has 0 aliphatic carbocycles. The summed E-state index contributed by atoms with van der Waals surface area (Å²) in [6.07, 6.45) is 0.488. The van der Waals surface area contributed by atoms with E-state index in [0.29, 0.717) is 6.42 Å². The molecule has 10 heteroatoms. The molecule has 2 amide bonds. The first kappa shape index (κ1) is 27.5. The van der Waals surface area contributed by atoms with E-state index in [1.54, 1.807) is 25.1 Å². The third-order valence-corrected chi connectivity index (χ3v) is 7.87. The molecule has 0 spiro atoms. The maximum atomic E-state index is 13.6. The van der Waals surface area contributed by atoms with Crippen molar-refractivity contribution in [1.82, 2.24) is 10.2 Å². The highest BCUT2D eigenvalue weighted by atomic mass is 35.5. The number of hydrogen-bond acceptors (Lipinski definition) is 4. The Morgan fingerprint density at radius 2 is 1.47 bits per heavy atom. The van der Waals surface area contributed by atoms with Gasteiger partial charge in [-0.3, -0.25) is 13.9 Å². The highest BCUT2D eigenvalue weighted by molar-refractivity contribution is 7.92. The van der Waals surface area contributed by atoms with Gasteiger partial charge in [-0.25, -0.2) is 8.42 Å². The van der Waals surface area contributed by atoms with Crippen LogP contribution in [-0.2, 0) is 26.0 Å². The molecule has 1 N–H and O–H groups in total. The summed E-state index contributed by atoms with van der Waals surface area (Å²) in [4.78, 5) is 27.5. The van der Waals surface area contributed by atoms with E-state index in [-0.39, 0.29) is 33.1 Å². The molecule has 0 heterocycles. The van der Waals surface area contributed by atoms with Crippen molar-refractivity contribution < 1.29 is 18.0 Å². The van der Waals surface area contributed by atoms with Gasteiger partial charge in [0, 0.05) is 23.6 Å². The third-order valence-electron chi connectivity index (χ3n) is 5.64. The van der Waals surface area contributed by atoms with Gasteiger partial charge in [0.15, 0.2) is 0 Å². The number of carbonyl (C=O) groups excluding carboxylic acids is 2. The Kier molecular flexibility index (Phi) is 9.37. The monoisotopic (exact) mass is 547 g/mol. The van der Waals surface area contributed by atoms with Crippen LogP contribution in [0.25, 0.3) is 0 Å². The van der Waals surface area contributed by atoms with Gasteiger partial charge in [-0.2, -0.15) is 0 Å². The van der Waals surface area contributed by atoms with E-state index in [9.17, 15) is 18.0 Å². The van der Waals surface area contributed by atoms with Gasteiger partial charge in [0.05, 0.1) is 10.6 Å². The van der Waals surface area contributed by atoms with E-state index in [1.807, 2.05) is 30.3 Å². The number of hydrogen-bond donors (Lipinski definition) is 1. The zero-order valence-corrected chi connectivity index (χ0v) is 22.2. The maximum absolute atomic E-state index is 13.6. The molecule has 0 radical (unpaired) electrons. The molecule has 0 aliphatic rings. The van der Waals surface area contributed by atoms with Gasteiger partial charge in [0.2, 0.25) is 11.8 Å². The molecule has 190 valence electrons. The Balaban J connectivity index is 1.99. The average molecular weight is 548 g/mol. The number of benzene rings is 3. The molecule has 7 nitrogen and oxygen atoms in total. The van der Waals surface area contributed by atoms with Crippen LogP contribution in [0, 0.1) is 0 Å². The van der Waals surface area contributed by atoms with Crippen molar-refractivity contribution in [3.05, 3.63) is 94.5 Å². The molecule has 3 rings (SSSR count). The molecule has 3 aromatic rings. The summed E-state index contributed by atoms with van der Waals surface area (Å²) in [5, 5.41) is 3.00.